The number of carbonyl (C=O) groups excluding carboxylic acids is 1. The molecule has 0 radical (unpaired) electrons. The summed E-state index contributed by atoms with van der Waals surface area (Å²) in [6, 6.07) is 21.6. The molecule has 4 rings (SSSR count). The van der Waals surface area contributed by atoms with Crippen LogP contribution in [0.15, 0.2) is 72.9 Å². The molecule has 1 amide bonds. The van der Waals surface area contributed by atoms with Crippen LogP contribution in [-0.2, 0) is 0 Å². The van der Waals surface area contributed by atoms with E-state index in [2.05, 4.69) is 27.3 Å². The van der Waals surface area contributed by atoms with Gasteiger partial charge in [0.2, 0.25) is 0 Å². The molecular formula is C23H24N4O. The Morgan fingerprint density at radius 2 is 1.71 bits per heavy atom. The molecule has 5 nitrogen and oxygen atoms in total. The Balaban J connectivity index is 1.46. The number of rotatable bonds is 5. The van der Waals surface area contributed by atoms with Gasteiger partial charge in [-0.3, -0.25) is 4.79 Å². The molecule has 1 N–H and O–H groups in total. The smallest absolute Gasteiger partial charge is 0.255 e. The number of hydrogen-bond donors (Lipinski definition) is 1. The Bertz CT molecular complexity index is 934. The van der Waals surface area contributed by atoms with Crippen molar-refractivity contribution < 1.29 is 4.79 Å². The van der Waals surface area contributed by atoms with E-state index in [1.807, 2.05) is 54.4 Å². The Morgan fingerprint density at radius 1 is 1.00 bits per heavy atom. The molecule has 1 aliphatic heterocycles. The van der Waals surface area contributed by atoms with Crippen molar-refractivity contribution in [2.24, 2.45) is 0 Å². The molecule has 28 heavy (non-hydrogen) atoms. The maximum Gasteiger partial charge on any atom is 0.255 e. The van der Waals surface area contributed by atoms with Crippen molar-refractivity contribution in [3.63, 3.8) is 0 Å². The van der Waals surface area contributed by atoms with E-state index in [0.717, 1.165) is 30.3 Å². The van der Waals surface area contributed by atoms with Gasteiger partial charge in [0.15, 0.2) is 0 Å². The third kappa shape index (κ3) is 3.98. The SMILES string of the molecule is CN(c1ccccc1)c1cc(C(=O)Nc2ccc(N3CCCC3)cc2)ccn1. The quantitative estimate of drug-likeness (QED) is 0.705. The minimum Gasteiger partial charge on any atom is -0.372 e. The average molecular weight is 372 g/mol. The number of nitrogens with one attached hydrogen (secondary N) is 1. The molecule has 0 bridgehead atoms. The van der Waals surface area contributed by atoms with Crippen molar-refractivity contribution in [2.75, 3.05) is 35.3 Å². The molecule has 0 spiro atoms. The van der Waals surface area contributed by atoms with E-state index >= 15 is 0 Å². The van der Waals surface area contributed by atoms with Gasteiger partial charge in [-0.25, -0.2) is 4.98 Å². The highest BCUT2D eigenvalue weighted by atomic mass is 16.1. The standard InChI is InChI=1S/C23H24N4O/c1-26(20-7-3-2-4-8-20)22-17-18(13-14-24-22)23(28)25-19-9-11-21(12-10-19)27-15-5-6-16-27/h2-4,7-14,17H,5-6,15-16H2,1H3,(H,25,28). The molecule has 1 aromatic heterocycles. The Kier molecular flexibility index (Phi) is 5.24. The number of anilines is 4. The minimum absolute atomic E-state index is 0.140. The van der Waals surface area contributed by atoms with Crippen LogP contribution in [0.25, 0.3) is 0 Å². The second kappa shape index (κ2) is 8.13. The fraction of sp³-hybridized carbons (Fsp3) is 0.217. The predicted octanol–water partition coefficient (Wildman–Crippen LogP) is 4.70. The fourth-order valence-electron chi connectivity index (χ4n) is 3.46. The van der Waals surface area contributed by atoms with Crippen LogP contribution in [0, 0.1) is 0 Å². The molecule has 0 atom stereocenters. The number of nitrogens with zero attached hydrogens (tertiary/aromatic N) is 3. The number of pyridine rings is 1. The third-order valence-corrected chi connectivity index (χ3v) is 5.09. The van der Waals surface area contributed by atoms with Crippen LogP contribution in [-0.4, -0.2) is 31.0 Å². The summed E-state index contributed by atoms with van der Waals surface area (Å²) in [7, 11) is 1.94. The van der Waals surface area contributed by atoms with Gasteiger partial charge in [-0.15, -0.1) is 0 Å². The van der Waals surface area contributed by atoms with Crippen molar-refractivity contribution in [3.05, 3.63) is 78.5 Å². The summed E-state index contributed by atoms with van der Waals surface area (Å²) < 4.78 is 0. The topological polar surface area (TPSA) is 48.5 Å². The Morgan fingerprint density at radius 3 is 2.43 bits per heavy atom. The van der Waals surface area contributed by atoms with Gasteiger partial charge in [0, 0.05) is 49.0 Å². The Hall–Kier alpha value is -3.34. The average Bonchev–Trinajstić information content (AvgIpc) is 3.29. The fourth-order valence-corrected chi connectivity index (χ4v) is 3.46. The van der Waals surface area contributed by atoms with Gasteiger partial charge in [-0.1, -0.05) is 18.2 Å². The summed E-state index contributed by atoms with van der Waals surface area (Å²) in [6.07, 6.45) is 4.17. The molecule has 1 fully saturated rings. The summed E-state index contributed by atoms with van der Waals surface area (Å²) >= 11 is 0. The molecule has 0 saturated carbocycles. The molecule has 5 heteroatoms. The van der Waals surface area contributed by atoms with Crippen LogP contribution in [0.2, 0.25) is 0 Å². The van der Waals surface area contributed by atoms with Gasteiger partial charge in [-0.2, -0.15) is 0 Å². The van der Waals surface area contributed by atoms with Crippen LogP contribution in [0.3, 0.4) is 0 Å². The van der Waals surface area contributed by atoms with E-state index in [4.69, 9.17) is 0 Å². The lowest BCUT2D eigenvalue weighted by Gasteiger charge is -2.19. The zero-order chi connectivity index (χ0) is 19.3. The molecule has 142 valence electrons. The Labute approximate surface area is 165 Å². The first-order chi connectivity index (χ1) is 13.7. The van der Waals surface area contributed by atoms with Gasteiger partial charge < -0.3 is 15.1 Å². The van der Waals surface area contributed by atoms with Crippen molar-refractivity contribution in [3.8, 4) is 0 Å². The zero-order valence-electron chi connectivity index (χ0n) is 16.0. The van der Waals surface area contributed by atoms with Crippen molar-refractivity contribution in [1.82, 2.24) is 4.98 Å². The maximum atomic E-state index is 12.7. The lowest BCUT2D eigenvalue weighted by molar-refractivity contribution is 0.102. The van der Waals surface area contributed by atoms with Crippen molar-refractivity contribution in [1.29, 1.82) is 0 Å². The van der Waals surface area contributed by atoms with E-state index in [-0.39, 0.29) is 5.91 Å². The number of para-hydroxylation sites is 1. The van der Waals surface area contributed by atoms with Gasteiger partial charge in [0.25, 0.3) is 5.91 Å². The van der Waals surface area contributed by atoms with Gasteiger partial charge in [0.05, 0.1) is 0 Å². The highest BCUT2D eigenvalue weighted by molar-refractivity contribution is 6.04. The molecule has 3 aromatic rings. The number of amides is 1. The minimum atomic E-state index is -0.140. The predicted molar refractivity (Wildman–Crippen MR) is 115 cm³/mol. The maximum absolute atomic E-state index is 12.7. The number of carbonyl (C=O) groups is 1. The van der Waals surface area contributed by atoms with E-state index in [9.17, 15) is 4.79 Å². The van der Waals surface area contributed by atoms with Gasteiger partial charge in [-0.05, 0) is 61.4 Å². The van der Waals surface area contributed by atoms with E-state index < -0.39 is 0 Å². The van der Waals surface area contributed by atoms with Gasteiger partial charge >= 0.3 is 0 Å². The first-order valence-electron chi connectivity index (χ1n) is 9.62. The highest BCUT2D eigenvalue weighted by Crippen LogP contribution is 2.24. The van der Waals surface area contributed by atoms with Crippen LogP contribution >= 0.6 is 0 Å². The van der Waals surface area contributed by atoms with Crippen LogP contribution < -0.4 is 15.1 Å². The normalized spacial score (nSPS) is 13.4. The summed E-state index contributed by atoms with van der Waals surface area (Å²) in [4.78, 5) is 21.4. The first-order valence-corrected chi connectivity index (χ1v) is 9.62. The van der Waals surface area contributed by atoms with Crippen LogP contribution in [0.4, 0.5) is 22.9 Å². The molecule has 0 unspecified atom stereocenters. The van der Waals surface area contributed by atoms with Crippen molar-refractivity contribution >= 4 is 28.8 Å². The lowest BCUT2D eigenvalue weighted by atomic mass is 10.2. The molecule has 2 heterocycles. The molecule has 2 aromatic carbocycles. The van der Waals surface area contributed by atoms with E-state index in [0.29, 0.717) is 5.56 Å². The lowest BCUT2D eigenvalue weighted by Crippen LogP contribution is -2.18. The van der Waals surface area contributed by atoms with Crippen molar-refractivity contribution in [2.45, 2.75) is 12.8 Å². The van der Waals surface area contributed by atoms with E-state index in [1.54, 1.807) is 18.3 Å². The van der Waals surface area contributed by atoms with E-state index in [1.165, 1.54) is 18.5 Å². The van der Waals surface area contributed by atoms with Crippen LogP contribution in [0.1, 0.15) is 23.2 Å². The van der Waals surface area contributed by atoms with Gasteiger partial charge in [0.1, 0.15) is 5.82 Å². The second-order valence-corrected chi connectivity index (χ2v) is 6.99. The summed E-state index contributed by atoms with van der Waals surface area (Å²) in [5, 5.41) is 2.98. The number of aromatic nitrogens is 1. The largest absolute Gasteiger partial charge is 0.372 e. The zero-order valence-corrected chi connectivity index (χ0v) is 16.0. The second-order valence-electron chi connectivity index (χ2n) is 6.99. The molecule has 1 saturated heterocycles. The molecular weight excluding hydrogens is 348 g/mol. The van der Waals surface area contributed by atoms with Crippen LogP contribution in [0.5, 0.6) is 0 Å². The molecule has 1 aliphatic rings. The number of hydrogen-bond acceptors (Lipinski definition) is 4. The first kappa shape index (κ1) is 18.0. The monoisotopic (exact) mass is 372 g/mol. The molecule has 0 aliphatic carbocycles. The summed E-state index contributed by atoms with van der Waals surface area (Å²) in [5.74, 6) is 0.585. The summed E-state index contributed by atoms with van der Waals surface area (Å²) in [6.45, 7) is 2.22. The third-order valence-electron chi connectivity index (χ3n) is 5.09. The highest BCUT2D eigenvalue weighted by Gasteiger charge is 2.13. The number of benzene rings is 2. The summed E-state index contributed by atoms with van der Waals surface area (Å²) in [5.41, 5.74) is 3.61.